The van der Waals surface area contributed by atoms with Gasteiger partial charge in [0, 0.05) is 6.54 Å². The third-order valence-electron chi connectivity index (χ3n) is 5.05. The molecule has 6 nitrogen and oxygen atoms in total. The van der Waals surface area contributed by atoms with Gasteiger partial charge in [-0.2, -0.15) is 0 Å². The van der Waals surface area contributed by atoms with Crippen LogP contribution in [-0.2, 0) is 21.5 Å². The van der Waals surface area contributed by atoms with Crippen molar-refractivity contribution in [3.63, 3.8) is 0 Å². The van der Waals surface area contributed by atoms with E-state index in [0.29, 0.717) is 13.0 Å². The lowest BCUT2D eigenvalue weighted by Crippen LogP contribution is -2.47. The lowest BCUT2D eigenvalue weighted by molar-refractivity contribution is -0.135. The van der Waals surface area contributed by atoms with E-state index in [1.807, 2.05) is 24.3 Å². The number of fused-ring (bicyclic) bond motifs is 2. The zero-order valence-electron chi connectivity index (χ0n) is 14.6. The number of hydrogen-bond donors (Lipinski definition) is 2. The van der Waals surface area contributed by atoms with Gasteiger partial charge in [0.1, 0.15) is 12.1 Å². The molecule has 1 aliphatic heterocycles. The average molecular weight is 343 g/mol. The van der Waals surface area contributed by atoms with E-state index in [9.17, 15) is 14.4 Å². The van der Waals surface area contributed by atoms with E-state index in [1.165, 1.54) is 0 Å². The van der Waals surface area contributed by atoms with Gasteiger partial charge >= 0.3 is 6.03 Å². The molecule has 1 heterocycles. The molecule has 6 heteroatoms. The van der Waals surface area contributed by atoms with Gasteiger partial charge in [-0.25, -0.2) is 4.79 Å². The highest BCUT2D eigenvalue weighted by Gasteiger charge is 2.54. The molecular weight excluding hydrogens is 318 g/mol. The van der Waals surface area contributed by atoms with Crippen molar-refractivity contribution in [2.24, 2.45) is 0 Å². The maximum Gasteiger partial charge on any atom is 0.325 e. The third-order valence-corrected chi connectivity index (χ3v) is 5.05. The van der Waals surface area contributed by atoms with Gasteiger partial charge in [-0.05, 0) is 36.8 Å². The number of rotatable bonds is 6. The lowest BCUT2D eigenvalue weighted by Gasteiger charge is -2.33. The number of urea groups is 1. The fourth-order valence-electron chi connectivity index (χ4n) is 3.76. The minimum Gasteiger partial charge on any atom is -0.355 e. The molecule has 2 aliphatic rings. The Kier molecular flexibility index (Phi) is 5.06. The van der Waals surface area contributed by atoms with E-state index in [4.69, 9.17) is 0 Å². The quantitative estimate of drug-likeness (QED) is 0.613. The number of nitrogens with one attached hydrogen (secondary N) is 2. The second-order valence-electron chi connectivity index (χ2n) is 6.79. The van der Waals surface area contributed by atoms with Crippen LogP contribution in [0.1, 0.15) is 50.2 Å². The zero-order chi connectivity index (χ0) is 17.9. The summed E-state index contributed by atoms with van der Waals surface area (Å²) in [5.74, 6) is -0.603. The molecule has 0 aromatic heterocycles. The van der Waals surface area contributed by atoms with E-state index >= 15 is 0 Å². The van der Waals surface area contributed by atoms with Crippen molar-refractivity contribution in [1.82, 2.24) is 15.5 Å². The molecule has 3 rings (SSSR count). The van der Waals surface area contributed by atoms with Crippen LogP contribution in [0.3, 0.4) is 0 Å². The Bertz CT molecular complexity index is 688. The van der Waals surface area contributed by atoms with Crippen LogP contribution in [0.15, 0.2) is 24.3 Å². The molecule has 2 N–H and O–H groups in total. The Labute approximate surface area is 148 Å². The van der Waals surface area contributed by atoms with Crippen LogP contribution in [0, 0.1) is 0 Å². The molecule has 1 aliphatic carbocycles. The number of benzene rings is 1. The fourth-order valence-corrected chi connectivity index (χ4v) is 3.76. The SMILES string of the molecule is CCCCCNC(=O)CN1C(=O)NC2(CCCc3ccccc32)C1=O. The molecule has 25 heavy (non-hydrogen) atoms. The number of imide groups is 1. The second-order valence-corrected chi connectivity index (χ2v) is 6.79. The van der Waals surface area contributed by atoms with Crippen molar-refractivity contribution >= 4 is 17.8 Å². The van der Waals surface area contributed by atoms with Gasteiger partial charge in [0.25, 0.3) is 5.91 Å². The Balaban J connectivity index is 1.72. The van der Waals surface area contributed by atoms with Crippen LogP contribution in [0.2, 0.25) is 0 Å². The Morgan fingerprint density at radius 1 is 1.28 bits per heavy atom. The molecule has 1 atom stereocenters. The van der Waals surface area contributed by atoms with Crippen LogP contribution in [-0.4, -0.2) is 35.8 Å². The van der Waals surface area contributed by atoms with Gasteiger partial charge in [-0.15, -0.1) is 0 Å². The Morgan fingerprint density at radius 2 is 2.08 bits per heavy atom. The minimum atomic E-state index is -1.01. The van der Waals surface area contributed by atoms with Crippen molar-refractivity contribution in [2.45, 2.75) is 51.0 Å². The summed E-state index contributed by atoms with van der Waals surface area (Å²) in [5.41, 5.74) is 0.952. The standard InChI is InChI=1S/C19H25N3O3/c1-2-3-6-12-20-16(23)13-22-17(24)19(21-18(22)25)11-7-9-14-8-4-5-10-15(14)19/h4-5,8,10H,2-3,6-7,9,11-13H2,1H3,(H,20,23)(H,21,25). The molecule has 1 fully saturated rings. The van der Waals surface area contributed by atoms with Crippen molar-refractivity contribution < 1.29 is 14.4 Å². The summed E-state index contributed by atoms with van der Waals surface area (Å²) in [6, 6.07) is 7.25. The number of unbranched alkanes of at least 4 members (excludes halogenated alkanes) is 2. The minimum absolute atomic E-state index is 0.222. The average Bonchev–Trinajstić information content (AvgIpc) is 2.84. The number of hydrogen-bond acceptors (Lipinski definition) is 3. The topological polar surface area (TPSA) is 78.5 Å². The van der Waals surface area contributed by atoms with Crippen LogP contribution < -0.4 is 10.6 Å². The number of carbonyl (C=O) groups excluding carboxylic acids is 3. The predicted molar refractivity (Wildman–Crippen MR) is 93.8 cm³/mol. The zero-order valence-corrected chi connectivity index (χ0v) is 14.6. The highest BCUT2D eigenvalue weighted by atomic mass is 16.2. The highest BCUT2D eigenvalue weighted by molar-refractivity contribution is 6.09. The van der Waals surface area contributed by atoms with Gasteiger partial charge in [0.05, 0.1) is 0 Å². The molecule has 1 saturated heterocycles. The third kappa shape index (κ3) is 3.25. The first-order valence-electron chi connectivity index (χ1n) is 9.07. The second kappa shape index (κ2) is 7.25. The smallest absolute Gasteiger partial charge is 0.325 e. The maximum atomic E-state index is 13.0. The summed E-state index contributed by atoms with van der Waals surface area (Å²) < 4.78 is 0. The summed E-state index contributed by atoms with van der Waals surface area (Å²) in [4.78, 5) is 38.6. The molecule has 1 unspecified atom stereocenters. The van der Waals surface area contributed by atoms with Crippen molar-refractivity contribution in [3.05, 3.63) is 35.4 Å². The largest absolute Gasteiger partial charge is 0.355 e. The van der Waals surface area contributed by atoms with E-state index in [2.05, 4.69) is 17.6 Å². The van der Waals surface area contributed by atoms with E-state index in [-0.39, 0.29) is 18.4 Å². The van der Waals surface area contributed by atoms with Gasteiger partial charge in [-0.1, -0.05) is 44.0 Å². The summed E-state index contributed by atoms with van der Waals surface area (Å²) >= 11 is 0. The highest BCUT2D eigenvalue weighted by Crippen LogP contribution is 2.39. The summed E-state index contributed by atoms with van der Waals surface area (Å²) in [5, 5.41) is 5.65. The van der Waals surface area contributed by atoms with Crippen LogP contribution >= 0.6 is 0 Å². The number of nitrogens with zero attached hydrogens (tertiary/aromatic N) is 1. The van der Waals surface area contributed by atoms with Gasteiger partial charge in [0.2, 0.25) is 5.91 Å². The Hall–Kier alpha value is -2.37. The van der Waals surface area contributed by atoms with E-state index in [1.54, 1.807) is 0 Å². The Morgan fingerprint density at radius 3 is 2.88 bits per heavy atom. The number of aryl methyl sites for hydroxylation is 1. The molecular formula is C19H25N3O3. The molecule has 1 aromatic rings. The molecule has 1 aromatic carbocycles. The molecule has 0 radical (unpaired) electrons. The molecule has 0 saturated carbocycles. The maximum absolute atomic E-state index is 13.0. The lowest BCUT2D eigenvalue weighted by atomic mass is 9.76. The van der Waals surface area contributed by atoms with E-state index < -0.39 is 11.6 Å². The summed E-state index contributed by atoms with van der Waals surface area (Å²) in [6.07, 6.45) is 5.33. The number of carbonyl (C=O) groups is 3. The van der Waals surface area contributed by atoms with Crippen LogP contribution in [0.5, 0.6) is 0 Å². The number of amides is 4. The first-order valence-corrected chi connectivity index (χ1v) is 9.07. The fraction of sp³-hybridized carbons (Fsp3) is 0.526. The molecule has 4 amide bonds. The van der Waals surface area contributed by atoms with Crippen LogP contribution in [0.25, 0.3) is 0 Å². The van der Waals surface area contributed by atoms with E-state index in [0.717, 1.165) is 48.1 Å². The summed E-state index contributed by atoms with van der Waals surface area (Å²) in [7, 11) is 0. The van der Waals surface area contributed by atoms with Gasteiger partial charge in [-0.3, -0.25) is 14.5 Å². The van der Waals surface area contributed by atoms with Crippen molar-refractivity contribution in [2.75, 3.05) is 13.1 Å². The van der Waals surface area contributed by atoms with Gasteiger partial charge in [0.15, 0.2) is 0 Å². The van der Waals surface area contributed by atoms with Crippen LogP contribution in [0.4, 0.5) is 4.79 Å². The molecule has 1 spiro atoms. The summed E-state index contributed by atoms with van der Waals surface area (Å²) in [6.45, 7) is 2.45. The normalized spacial score (nSPS) is 22.0. The van der Waals surface area contributed by atoms with Gasteiger partial charge < -0.3 is 10.6 Å². The first-order chi connectivity index (χ1) is 12.1. The molecule has 134 valence electrons. The first kappa shape index (κ1) is 17.5. The monoisotopic (exact) mass is 343 g/mol. The van der Waals surface area contributed by atoms with Crippen molar-refractivity contribution in [1.29, 1.82) is 0 Å². The molecule has 0 bridgehead atoms. The predicted octanol–water partition coefficient (Wildman–Crippen LogP) is 2.08. The van der Waals surface area contributed by atoms with Crippen molar-refractivity contribution in [3.8, 4) is 0 Å².